The van der Waals surface area contributed by atoms with Crippen LogP contribution in [0.25, 0.3) is 0 Å². The maximum Gasteiger partial charge on any atom is 0.133 e. The summed E-state index contributed by atoms with van der Waals surface area (Å²) in [5, 5.41) is 9.96. The van der Waals surface area contributed by atoms with Crippen LogP contribution in [0.1, 0.15) is 30.5 Å². The number of aromatic hydroxyl groups is 1. The molecule has 0 aliphatic rings. The smallest absolute Gasteiger partial charge is 0.133 e. The quantitative estimate of drug-likeness (QED) is 0.869. The average Bonchev–Trinajstić information content (AvgIpc) is 2.08. The molecule has 84 valence electrons. The lowest BCUT2D eigenvalue weighted by Gasteiger charge is -2.20. The molecule has 3 N–H and O–H groups in total. The Kier molecular flexibility index (Phi) is 3.46. The Balaban J connectivity index is 3.21. The van der Waals surface area contributed by atoms with Crippen LogP contribution in [0.3, 0.4) is 0 Å². The van der Waals surface area contributed by atoms with Gasteiger partial charge in [0.15, 0.2) is 0 Å². The van der Waals surface area contributed by atoms with Crippen molar-refractivity contribution in [3.05, 3.63) is 27.2 Å². The fourth-order valence-electron chi connectivity index (χ4n) is 1.56. The molecule has 0 fully saturated rings. The van der Waals surface area contributed by atoms with E-state index in [1.165, 1.54) is 5.56 Å². The van der Waals surface area contributed by atoms with Crippen molar-refractivity contribution in [3.8, 4) is 5.75 Å². The van der Waals surface area contributed by atoms with Crippen molar-refractivity contribution in [2.24, 2.45) is 5.73 Å². The highest BCUT2D eigenvalue weighted by Crippen LogP contribution is 2.34. The van der Waals surface area contributed by atoms with E-state index in [2.05, 4.69) is 15.9 Å². The second kappa shape index (κ2) is 4.14. The Morgan fingerprint density at radius 1 is 1.40 bits per heavy atom. The van der Waals surface area contributed by atoms with E-state index in [0.717, 1.165) is 15.6 Å². The molecular weight excluding hydrogens is 254 g/mol. The number of benzene rings is 1. The van der Waals surface area contributed by atoms with Crippen LogP contribution in [0.5, 0.6) is 5.75 Å². The molecule has 0 saturated carbocycles. The summed E-state index contributed by atoms with van der Waals surface area (Å²) in [5.74, 6) is 0.316. The monoisotopic (exact) mass is 271 g/mol. The summed E-state index contributed by atoms with van der Waals surface area (Å²) in [6, 6.07) is 2.00. The summed E-state index contributed by atoms with van der Waals surface area (Å²) in [7, 11) is 0. The molecule has 2 nitrogen and oxygen atoms in total. The normalized spacial score (nSPS) is 11.9. The van der Waals surface area contributed by atoms with Crippen LogP contribution >= 0.6 is 15.9 Å². The van der Waals surface area contributed by atoms with Crippen LogP contribution < -0.4 is 5.73 Å². The fraction of sp³-hybridized carbons (Fsp3) is 0.500. The Bertz CT molecular complexity index is 380. The third kappa shape index (κ3) is 2.95. The number of nitrogens with two attached hydrogens (primary N) is 1. The van der Waals surface area contributed by atoms with E-state index in [-0.39, 0.29) is 5.54 Å². The lowest BCUT2D eigenvalue weighted by molar-refractivity contribution is 0.446. The second-order valence-electron chi connectivity index (χ2n) is 4.81. The molecule has 0 bridgehead atoms. The molecule has 0 amide bonds. The van der Waals surface area contributed by atoms with Gasteiger partial charge >= 0.3 is 0 Å². The van der Waals surface area contributed by atoms with Crippen molar-refractivity contribution in [1.29, 1.82) is 0 Å². The first-order chi connectivity index (χ1) is 6.72. The van der Waals surface area contributed by atoms with Gasteiger partial charge in [-0.2, -0.15) is 0 Å². The Morgan fingerprint density at radius 3 is 2.40 bits per heavy atom. The van der Waals surface area contributed by atoms with Gasteiger partial charge in [-0.25, -0.2) is 0 Å². The molecule has 0 radical (unpaired) electrons. The molecule has 1 rings (SSSR count). The highest BCUT2D eigenvalue weighted by atomic mass is 79.9. The molecule has 15 heavy (non-hydrogen) atoms. The van der Waals surface area contributed by atoms with Crippen LogP contribution in [0.2, 0.25) is 0 Å². The van der Waals surface area contributed by atoms with Crippen LogP contribution in [0.4, 0.5) is 0 Å². The number of aryl methyl sites for hydroxylation is 1. The molecule has 1 aromatic rings. The van der Waals surface area contributed by atoms with Gasteiger partial charge in [0.2, 0.25) is 0 Å². The number of hydrogen-bond acceptors (Lipinski definition) is 2. The molecule has 0 saturated heterocycles. The predicted octanol–water partition coefficient (Wildman–Crippen LogP) is 3.05. The van der Waals surface area contributed by atoms with Crippen molar-refractivity contribution in [3.63, 3.8) is 0 Å². The zero-order valence-electron chi connectivity index (χ0n) is 9.69. The number of rotatable bonds is 2. The molecule has 0 aromatic heterocycles. The highest BCUT2D eigenvalue weighted by molar-refractivity contribution is 9.10. The van der Waals surface area contributed by atoms with Crippen LogP contribution in [0.15, 0.2) is 10.5 Å². The van der Waals surface area contributed by atoms with E-state index in [9.17, 15) is 5.11 Å². The van der Waals surface area contributed by atoms with Crippen molar-refractivity contribution >= 4 is 15.9 Å². The maximum absolute atomic E-state index is 9.96. The highest BCUT2D eigenvalue weighted by Gasteiger charge is 2.17. The van der Waals surface area contributed by atoms with Crippen LogP contribution in [0, 0.1) is 13.8 Å². The molecule has 0 aliphatic carbocycles. The van der Waals surface area contributed by atoms with E-state index in [1.807, 2.05) is 33.8 Å². The van der Waals surface area contributed by atoms with Crippen LogP contribution in [-0.2, 0) is 6.42 Å². The predicted molar refractivity (Wildman–Crippen MR) is 67.3 cm³/mol. The van der Waals surface area contributed by atoms with Gasteiger partial charge in [-0.05, 0) is 66.7 Å². The largest absolute Gasteiger partial charge is 0.506 e. The van der Waals surface area contributed by atoms with E-state index in [1.54, 1.807) is 0 Å². The number of phenols is 1. The fourth-order valence-corrected chi connectivity index (χ4v) is 2.12. The zero-order chi connectivity index (χ0) is 11.8. The van der Waals surface area contributed by atoms with Gasteiger partial charge in [0.1, 0.15) is 5.75 Å². The lowest BCUT2D eigenvalue weighted by Crippen LogP contribution is -2.34. The zero-order valence-corrected chi connectivity index (χ0v) is 11.3. The van der Waals surface area contributed by atoms with E-state index < -0.39 is 0 Å². The minimum Gasteiger partial charge on any atom is -0.506 e. The summed E-state index contributed by atoms with van der Waals surface area (Å²) < 4.78 is 0.779. The first kappa shape index (κ1) is 12.5. The molecule has 0 atom stereocenters. The summed E-state index contributed by atoms with van der Waals surface area (Å²) in [5.41, 5.74) is 8.78. The van der Waals surface area contributed by atoms with E-state index in [4.69, 9.17) is 5.73 Å². The molecule has 0 aliphatic heterocycles. The minimum absolute atomic E-state index is 0.307. The van der Waals surface area contributed by atoms with Gasteiger partial charge in [-0.1, -0.05) is 6.07 Å². The number of hydrogen-bond donors (Lipinski definition) is 2. The Labute approximate surface area is 99.6 Å². The summed E-state index contributed by atoms with van der Waals surface area (Å²) in [6.45, 7) is 7.92. The number of halogens is 1. The van der Waals surface area contributed by atoms with Crippen molar-refractivity contribution < 1.29 is 5.11 Å². The molecular formula is C12H18BrNO. The molecule has 3 heteroatoms. The van der Waals surface area contributed by atoms with Gasteiger partial charge in [0.25, 0.3) is 0 Å². The Hall–Kier alpha value is -0.540. The third-order valence-electron chi connectivity index (χ3n) is 2.47. The Morgan fingerprint density at radius 2 is 1.93 bits per heavy atom. The number of phenolic OH excluding ortho intramolecular Hbond substituents is 1. The first-order valence-electron chi connectivity index (χ1n) is 4.99. The third-order valence-corrected chi connectivity index (χ3v) is 3.44. The van der Waals surface area contributed by atoms with Gasteiger partial charge in [-0.3, -0.25) is 0 Å². The van der Waals surface area contributed by atoms with Gasteiger partial charge < -0.3 is 10.8 Å². The molecule has 0 spiro atoms. The second-order valence-corrected chi connectivity index (χ2v) is 5.60. The maximum atomic E-state index is 9.96. The van der Waals surface area contributed by atoms with Gasteiger partial charge in [0.05, 0.1) is 4.47 Å². The van der Waals surface area contributed by atoms with E-state index in [0.29, 0.717) is 12.2 Å². The van der Waals surface area contributed by atoms with Gasteiger partial charge in [-0.15, -0.1) is 0 Å². The lowest BCUT2D eigenvalue weighted by atomic mass is 9.93. The molecule has 0 heterocycles. The van der Waals surface area contributed by atoms with E-state index >= 15 is 0 Å². The summed E-state index contributed by atoms with van der Waals surface area (Å²) in [4.78, 5) is 0. The standard InChI is InChI=1S/C12H18BrNO/c1-7-5-9(6-12(3,4)14)11(15)10(13)8(7)2/h5,15H,6,14H2,1-4H3. The molecule has 1 aromatic carbocycles. The van der Waals surface area contributed by atoms with Crippen molar-refractivity contribution in [2.45, 2.75) is 39.7 Å². The van der Waals surface area contributed by atoms with Crippen molar-refractivity contribution in [1.82, 2.24) is 0 Å². The van der Waals surface area contributed by atoms with Gasteiger partial charge in [0, 0.05) is 5.54 Å². The minimum atomic E-state index is -0.307. The molecule has 0 unspecified atom stereocenters. The SMILES string of the molecule is Cc1cc(CC(C)(C)N)c(O)c(Br)c1C. The summed E-state index contributed by atoms with van der Waals surface area (Å²) in [6.07, 6.45) is 0.665. The topological polar surface area (TPSA) is 46.2 Å². The van der Waals surface area contributed by atoms with Crippen LogP contribution in [-0.4, -0.2) is 10.6 Å². The first-order valence-corrected chi connectivity index (χ1v) is 5.78. The van der Waals surface area contributed by atoms with Crippen molar-refractivity contribution in [2.75, 3.05) is 0 Å². The summed E-state index contributed by atoms with van der Waals surface area (Å²) >= 11 is 3.40. The average molecular weight is 272 g/mol.